The van der Waals surface area contributed by atoms with Crippen LogP contribution in [0.5, 0.6) is 0 Å². The summed E-state index contributed by atoms with van der Waals surface area (Å²) in [6, 6.07) is 0. The summed E-state index contributed by atoms with van der Waals surface area (Å²) in [4.78, 5) is 27.3. The SMILES string of the molecule is CO[C@H]1OC(CCO[C@H]2OC(CO)[C@@H](O)[C@H](O)C2OCCCSCCN=C(N)CS[C@@H]2CC(CO)[C@H](O)[C@H](O)C2O)[C@@H](O)[C@H](O)C1OCCCSCCNC(=O)CCC(=O)NN. The van der Waals surface area contributed by atoms with Crippen molar-refractivity contribution in [2.24, 2.45) is 22.5 Å². The highest BCUT2D eigenvalue weighted by atomic mass is 32.2. The van der Waals surface area contributed by atoms with Crippen molar-refractivity contribution in [3.63, 3.8) is 0 Å². The Balaban J connectivity index is 1.34. The molecular weight excluding hydrogens is 883 g/mol. The van der Waals surface area contributed by atoms with Gasteiger partial charge in [0, 0.05) is 75.5 Å². The Kier molecular flexibility index (Phi) is 26.8. The molecule has 3 rings (SSSR count). The molecule has 25 heteroatoms. The summed E-state index contributed by atoms with van der Waals surface area (Å²) < 4.78 is 34.7. The molecule has 1 aliphatic carbocycles. The number of aliphatic hydroxyl groups excluding tert-OH is 9. The Bertz CT molecular complexity index is 1300. The Morgan fingerprint density at radius 3 is 1.97 bits per heavy atom. The first kappa shape index (κ1) is 55.1. The number of hydrogen-bond donors (Lipinski definition) is 13. The number of hydrazine groups is 1. The van der Waals surface area contributed by atoms with Crippen molar-refractivity contribution in [2.75, 3.05) is 82.0 Å². The topological polar surface area (TPSA) is 360 Å². The molecule has 2 heterocycles. The molecular formula is C37H69N5O17S3. The average Bonchev–Trinajstić information content (AvgIpc) is 3.27. The molecule has 362 valence electrons. The second kappa shape index (κ2) is 30.2. The lowest BCUT2D eigenvalue weighted by Crippen LogP contribution is -2.60. The van der Waals surface area contributed by atoms with E-state index in [1.54, 1.807) is 23.5 Å². The number of hydrogen-bond acceptors (Lipinski definition) is 22. The fraction of sp³-hybridized carbons (Fsp3) is 0.919. The van der Waals surface area contributed by atoms with Crippen LogP contribution in [0.1, 0.15) is 38.5 Å². The third-order valence-corrected chi connectivity index (χ3v) is 14.0. The molecule has 3 aliphatic rings. The van der Waals surface area contributed by atoms with Crippen molar-refractivity contribution in [1.29, 1.82) is 0 Å². The van der Waals surface area contributed by atoms with Gasteiger partial charge in [0.2, 0.25) is 11.8 Å². The molecule has 0 aromatic rings. The number of carbonyl (C=O) groups excluding carboxylic acids is 2. The van der Waals surface area contributed by atoms with Crippen LogP contribution in [0.25, 0.3) is 0 Å². The summed E-state index contributed by atoms with van der Waals surface area (Å²) in [5.74, 6) is 7.15. The van der Waals surface area contributed by atoms with E-state index >= 15 is 0 Å². The molecule has 6 unspecified atom stereocenters. The summed E-state index contributed by atoms with van der Waals surface area (Å²) in [5.41, 5.74) is 8.02. The summed E-state index contributed by atoms with van der Waals surface area (Å²) in [5, 5.41) is 95.1. The number of amides is 2. The number of rotatable bonds is 29. The fourth-order valence-electron chi connectivity index (χ4n) is 6.91. The number of nitrogens with two attached hydrogens (primary N) is 2. The standard InChI is InChI=1S/C37H69N5O17S3/c1-54-36-34(55-9-2-13-61-15-8-41-25(45)4-5-26(46)42-39)32(52)28(48)21(58-36)6-11-57-37-35(33(53)29(49)22(18-44)59-37)56-10-3-12-60-14-7-40-24(38)19-62-23-16-20(17-43)27(47)31(51)30(23)50/h20-23,27-37,43-44,47-53H,2-19,39H2,1H3,(H2,38,40)(H,41,45)(H,42,46)/t20?,21?,22?,23-,27+,28-,29-,30?,31+,32+,33+,34?,35?,36+,37+/m1/s1. The molecule has 3 fully saturated rings. The van der Waals surface area contributed by atoms with Crippen LogP contribution in [-0.4, -0.2) is 231 Å². The molecule has 1 saturated carbocycles. The van der Waals surface area contributed by atoms with Gasteiger partial charge >= 0.3 is 0 Å². The van der Waals surface area contributed by atoms with Crippen molar-refractivity contribution < 1.29 is 84.0 Å². The molecule has 0 radical (unpaired) electrons. The van der Waals surface area contributed by atoms with E-state index in [-0.39, 0.29) is 51.6 Å². The zero-order valence-corrected chi connectivity index (χ0v) is 37.5. The van der Waals surface area contributed by atoms with Crippen molar-refractivity contribution in [1.82, 2.24) is 10.7 Å². The highest BCUT2D eigenvalue weighted by molar-refractivity contribution is 8.00. The molecule has 2 saturated heterocycles. The molecule has 15 N–H and O–H groups in total. The predicted octanol–water partition coefficient (Wildman–Crippen LogP) is -4.62. The molecule has 0 bridgehead atoms. The van der Waals surface area contributed by atoms with E-state index < -0.39 is 103 Å². The molecule has 0 spiro atoms. The molecule has 2 aliphatic heterocycles. The van der Waals surface area contributed by atoms with Crippen LogP contribution in [-0.2, 0) is 38.0 Å². The van der Waals surface area contributed by atoms with Gasteiger partial charge in [-0.15, -0.1) is 11.8 Å². The van der Waals surface area contributed by atoms with Crippen LogP contribution in [0.3, 0.4) is 0 Å². The number of methoxy groups -OCH3 is 1. The van der Waals surface area contributed by atoms with Crippen LogP contribution >= 0.6 is 35.3 Å². The van der Waals surface area contributed by atoms with Crippen LogP contribution in [0.4, 0.5) is 0 Å². The van der Waals surface area contributed by atoms with Gasteiger partial charge in [-0.25, -0.2) is 5.84 Å². The first-order valence-corrected chi connectivity index (χ1v) is 24.1. The summed E-state index contributed by atoms with van der Waals surface area (Å²) in [6.45, 7) is 0.313. The number of aliphatic imine (C=N–C) groups is 1. The van der Waals surface area contributed by atoms with E-state index in [0.29, 0.717) is 67.0 Å². The molecule has 0 aromatic heterocycles. The van der Waals surface area contributed by atoms with Gasteiger partial charge in [0.25, 0.3) is 0 Å². The van der Waals surface area contributed by atoms with E-state index in [4.69, 9.17) is 40.0 Å². The van der Waals surface area contributed by atoms with Gasteiger partial charge in [0.05, 0.1) is 37.3 Å². The number of thioether (sulfide) groups is 3. The average molecular weight is 952 g/mol. The molecule has 62 heavy (non-hydrogen) atoms. The van der Waals surface area contributed by atoms with E-state index in [1.165, 1.54) is 18.9 Å². The quantitative estimate of drug-likeness (QED) is 0.00838. The van der Waals surface area contributed by atoms with E-state index in [1.807, 2.05) is 5.43 Å². The zero-order valence-electron chi connectivity index (χ0n) is 35.0. The maximum Gasteiger partial charge on any atom is 0.234 e. The highest BCUT2D eigenvalue weighted by Crippen LogP contribution is 2.33. The molecule has 22 nitrogen and oxygen atoms in total. The first-order chi connectivity index (χ1) is 29.8. The van der Waals surface area contributed by atoms with Crippen LogP contribution in [0, 0.1) is 5.92 Å². The maximum absolute atomic E-state index is 11.8. The second-order valence-corrected chi connectivity index (χ2v) is 18.7. The number of aliphatic hydroxyl groups is 9. The Labute approximate surface area is 374 Å². The van der Waals surface area contributed by atoms with Crippen LogP contribution in [0.2, 0.25) is 0 Å². The minimum Gasteiger partial charge on any atom is -0.396 e. The first-order valence-electron chi connectivity index (χ1n) is 20.8. The summed E-state index contributed by atoms with van der Waals surface area (Å²) in [6.07, 6.45) is -14.0. The van der Waals surface area contributed by atoms with Gasteiger partial charge < -0.3 is 85.4 Å². The fourth-order valence-corrected chi connectivity index (χ4v) is 9.65. The Morgan fingerprint density at radius 1 is 0.726 bits per heavy atom. The van der Waals surface area contributed by atoms with E-state index in [0.717, 1.165) is 0 Å². The highest BCUT2D eigenvalue weighted by Gasteiger charge is 2.48. The predicted molar refractivity (Wildman–Crippen MR) is 230 cm³/mol. The number of ether oxygens (including phenoxy) is 6. The lowest BCUT2D eigenvalue weighted by Gasteiger charge is -2.43. The number of amidine groups is 1. The zero-order chi connectivity index (χ0) is 45.6. The minimum absolute atomic E-state index is 0.0113. The monoisotopic (exact) mass is 951 g/mol. The van der Waals surface area contributed by atoms with Gasteiger partial charge in [-0.05, 0) is 37.2 Å². The van der Waals surface area contributed by atoms with Crippen LogP contribution < -0.4 is 22.3 Å². The second-order valence-electron chi connectivity index (χ2n) is 15.0. The van der Waals surface area contributed by atoms with Gasteiger partial charge in [0.1, 0.15) is 54.7 Å². The number of nitrogens with one attached hydrogen (secondary N) is 2. The maximum atomic E-state index is 11.8. The third-order valence-electron chi connectivity index (χ3n) is 10.5. The third kappa shape index (κ3) is 17.9. The molecule has 15 atom stereocenters. The largest absolute Gasteiger partial charge is 0.396 e. The van der Waals surface area contributed by atoms with Gasteiger partial charge in [-0.1, -0.05) is 0 Å². The minimum atomic E-state index is -1.44. The van der Waals surface area contributed by atoms with E-state index in [2.05, 4.69) is 10.3 Å². The van der Waals surface area contributed by atoms with Crippen molar-refractivity contribution >= 4 is 52.9 Å². The van der Waals surface area contributed by atoms with Gasteiger partial charge in [-0.2, -0.15) is 23.5 Å². The lowest BCUT2D eigenvalue weighted by molar-refractivity contribution is -0.318. The molecule has 0 aromatic carbocycles. The van der Waals surface area contributed by atoms with Gasteiger partial charge in [-0.3, -0.25) is 20.0 Å². The Hall–Kier alpha value is -1.18. The van der Waals surface area contributed by atoms with Gasteiger partial charge in [0.15, 0.2) is 12.6 Å². The van der Waals surface area contributed by atoms with Crippen LogP contribution in [0.15, 0.2) is 4.99 Å². The number of carbonyl (C=O) groups is 2. The lowest BCUT2D eigenvalue weighted by atomic mass is 9.83. The van der Waals surface area contributed by atoms with Crippen molar-refractivity contribution in [3.8, 4) is 0 Å². The summed E-state index contributed by atoms with van der Waals surface area (Å²) in [7, 11) is 1.39. The Morgan fingerprint density at radius 2 is 1.34 bits per heavy atom. The smallest absolute Gasteiger partial charge is 0.234 e. The summed E-state index contributed by atoms with van der Waals surface area (Å²) >= 11 is 4.49. The van der Waals surface area contributed by atoms with Crippen molar-refractivity contribution in [3.05, 3.63) is 0 Å². The van der Waals surface area contributed by atoms with Crippen molar-refractivity contribution in [2.45, 2.75) is 123 Å². The number of nitrogens with zero attached hydrogens (tertiary/aromatic N) is 1. The normalized spacial score (nSPS) is 34.2. The molecule has 2 amide bonds. The van der Waals surface area contributed by atoms with E-state index in [9.17, 15) is 55.5 Å².